The summed E-state index contributed by atoms with van der Waals surface area (Å²) in [7, 11) is 4.53. The molecule has 16 heteroatoms. The summed E-state index contributed by atoms with van der Waals surface area (Å²) in [6.07, 6.45) is -4.38. The zero-order chi connectivity index (χ0) is 34.0. The molecule has 5 rings (SSSR count). The number of nitrogens with two attached hydrogens (primary N) is 1. The Morgan fingerprint density at radius 2 is 1.91 bits per heavy atom. The van der Waals surface area contributed by atoms with Gasteiger partial charge in [-0.15, -0.1) is 13.2 Å². The van der Waals surface area contributed by atoms with Crippen LogP contribution in [0.1, 0.15) is 48.4 Å². The molecule has 0 bridgehead atoms. The molecule has 4 aliphatic rings. The number of phenolic OH excluding ortho intramolecular Hbond substituents is 1. The van der Waals surface area contributed by atoms with Crippen LogP contribution in [0.3, 0.4) is 0 Å². The lowest BCUT2D eigenvalue weighted by atomic mass is 9.56. The van der Waals surface area contributed by atoms with Gasteiger partial charge in [-0.3, -0.25) is 19.3 Å². The van der Waals surface area contributed by atoms with Crippen molar-refractivity contribution in [3.63, 3.8) is 0 Å². The Hall–Kier alpha value is -4.15. The number of piperidine rings is 1. The van der Waals surface area contributed by atoms with Crippen molar-refractivity contribution in [2.24, 2.45) is 17.6 Å². The van der Waals surface area contributed by atoms with Crippen molar-refractivity contribution in [3.8, 4) is 11.5 Å². The maximum absolute atomic E-state index is 14.1. The van der Waals surface area contributed by atoms with Crippen molar-refractivity contribution in [1.82, 2.24) is 15.1 Å². The average molecular weight is 652 g/mol. The van der Waals surface area contributed by atoms with Crippen LogP contribution in [-0.4, -0.2) is 106 Å². The van der Waals surface area contributed by atoms with Gasteiger partial charge in [0.15, 0.2) is 5.60 Å². The number of aliphatic hydroxyl groups is 3. The summed E-state index contributed by atoms with van der Waals surface area (Å²) in [6, 6.07) is -1.14. The van der Waals surface area contributed by atoms with E-state index in [0.29, 0.717) is 12.8 Å². The fraction of sp³-hybridized carbons (Fsp3) is 0.533. The molecule has 2 amide bonds. The Kier molecular flexibility index (Phi) is 8.36. The quantitative estimate of drug-likeness (QED) is 0.236. The third kappa shape index (κ3) is 5.08. The third-order valence-corrected chi connectivity index (χ3v) is 9.48. The zero-order valence-corrected chi connectivity index (χ0v) is 25.4. The molecule has 8 N–H and O–H groups in total. The SMILES string of the molecule is CNCC(=O)N1CCCCC1c1cc(O)c2c(c1OC(F)(F)F)C[C@H]1C[C@H]3[C@H](N(C)C)C(O)=C(C(N)=O)C(=N)[C@@]3(O)C(=O)C1=C2O. The number of primary amides is 1. The molecule has 1 heterocycles. The van der Waals surface area contributed by atoms with Crippen LogP contribution >= 0.6 is 0 Å². The van der Waals surface area contributed by atoms with Crippen LogP contribution in [0.4, 0.5) is 13.2 Å². The number of amides is 2. The topological polar surface area (TPSA) is 210 Å². The Balaban J connectivity index is 1.72. The number of rotatable bonds is 6. The van der Waals surface area contributed by atoms with Gasteiger partial charge in [-0.2, -0.15) is 0 Å². The number of nitrogens with zero attached hydrogens (tertiary/aromatic N) is 2. The number of fused-ring (bicyclic) bond motifs is 3. The number of likely N-dealkylation sites (N-methyl/N-ethyl adjacent to an activating group) is 2. The molecule has 0 radical (unpaired) electrons. The second-order valence-corrected chi connectivity index (χ2v) is 12.4. The second-order valence-electron chi connectivity index (χ2n) is 12.4. The number of carbonyl (C=O) groups is 3. The Labute approximate surface area is 261 Å². The lowest BCUT2D eigenvalue weighted by Crippen LogP contribution is -2.67. The van der Waals surface area contributed by atoms with Crippen molar-refractivity contribution in [2.75, 3.05) is 34.2 Å². The van der Waals surface area contributed by atoms with Gasteiger partial charge in [0.2, 0.25) is 11.7 Å². The lowest BCUT2D eigenvalue weighted by molar-refractivity contribution is -0.275. The molecule has 1 saturated heterocycles. The Morgan fingerprint density at radius 3 is 2.50 bits per heavy atom. The number of alkyl halides is 3. The number of likely N-dealkylation sites (tertiary alicyclic amines) is 1. The van der Waals surface area contributed by atoms with Gasteiger partial charge < -0.3 is 46.5 Å². The summed E-state index contributed by atoms with van der Waals surface area (Å²) in [6.45, 7) is 0.175. The fourth-order valence-electron chi connectivity index (χ4n) is 7.66. The van der Waals surface area contributed by atoms with Crippen LogP contribution < -0.4 is 15.8 Å². The van der Waals surface area contributed by atoms with Crippen molar-refractivity contribution in [1.29, 1.82) is 5.41 Å². The van der Waals surface area contributed by atoms with E-state index < -0.39 is 93.0 Å². The summed E-state index contributed by atoms with van der Waals surface area (Å²) in [4.78, 5) is 42.1. The molecule has 250 valence electrons. The fourth-order valence-corrected chi connectivity index (χ4v) is 7.66. The van der Waals surface area contributed by atoms with Gasteiger partial charge in [-0.05, 0) is 65.2 Å². The molecule has 46 heavy (non-hydrogen) atoms. The Bertz CT molecular complexity index is 1590. The molecule has 1 saturated carbocycles. The maximum Gasteiger partial charge on any atom is 0.573 e. The highest BCUT2D eigenvalue weighted by Gasteiger charge is 2.63. The minimum atomic E-state index is -5.22. The third-order valence-electron chi connectivity index (χ3n) is 9.48. The monoisotopic (exact) mass is 651 g/mol. The molecule has 1 aromatic rings. The van der Waals surface area contributed by atoms with Crippen LogP contribution in [0.2, 0.25) is 0 Å². The van der Waals surface area contributed by atoms with E-state index in [-0.39, 0.29) is 49.4 Å². The van der Waals surface area contributed by atoms with Crippen molar-refractivity contribution in [2.45, 2.75) is 56.2 Å². The van der Waals surface area contributed by atoms with E-state index in [9.17, 15) is 48.0 Å². The first-order valence-corrected chi connectivity index (χ1v) is 14.7. The number of ketones is 1. The smallest absolute Gasteiger partial charge is 0.510 e. The molecule has 0 spiro atoms. The van der Waals surface area contributed by atoms with E-state index in [1.807, 2.05) is 0 Å². The predicted octanol–water partition coefficient (Wildman–Crippen LogP) is 1.59. The van der Waals surface area contributed by atoms with Crippen LogP contribution in [0.25, 0.3) is 5.76 Å². The molecule has 13 nitrogen and oxygen atoms in total. The molecule has 0 aromatic heterocycles. The van der Waals surface area contributed by atoms with Gasteiger partial charge in [-0.1, -0.05) is 0 Å². The summed E-state index contributed by atoms with van der Waals surface area (Å²) in [5, 5.41) is 56.8. The molecule has 2 fully saturated rings. The predicted molar refractivity (Wildman–Crippen MR) is 156 cm³/mol. The number of hydrogen-bond donors (Lipinski definition) is 7. The molecule has 5 atom stereocenters. The van der Waals surface area contributed by atoms with Gasteiger partial charge >= 0.3 is 6.36 Å². The van der Waals surface area contributed by atoms with Crippen LogP contribution in [0.5, 0.6) is 11.5 Å². The summed E-state index contributed by atoms with van der Waals surface area (Å²) < 4.78 is 46.5. The number of aromatic hydroxyl groups is 1. The number of carbonyl (C=O) groups excluding carboxylic acids is 3. The molecule has 1 unspecified atom stereocenters. The number of ether oxygens (including phenoxy) is 1. The second kappa shape index (κ2) is 11.6. The lowest BCUT2D eigenvalue weighted by Gasteiger charge is -2.51. The van der Waals surface area contributed by atoms with E-state index in [1.165, 1.54) is 23.9 Å². The molecular weight excluding hydrogens is 615 g/mol. The van der Waals surface area contributed by atoms with Gasteiger partial charge in [-0.25, -0.2) is 0 Å². The number of phenols is 1. The highest BCUT2D eigenvalue weighted by Crippen LogP contribution is 2.55. The first kappa shape index (κ1) is 33.2. The van der Waals surface area contributed by atoms with Gasteiger partial charge in [0.25, 0.3) is 5.91 Å². The van der Waals surface area contributed by atoms with Crippen molar-refractivity contribution in [3.05, 3.63) is 39.7 Å². The molecule has 1 aromatic carbocycles. The van der Waals surface area contributed by atoms with Gasteiger partial charge in [0, 0.05) is 29.2 Å². The summed E-state index contributed by atoms with van der Waals surface area (Å²) >= 11 is 0. The summed E-state index contributed by atoms with van der Waals surface area (Å²) in [5.41, 5.74) is -0.440. The highest BCUT2D eigenvalue weighted by molar-refractivity contribution is 6.34. The standard InChI is InChI=1S/C30H36F3N5O8/c1-36-11-18(40)38-7-5-4-6-16(38)13-10-17(39)20-14(25(13)46-30(31,32)33)8-12-9-15-22(37(2)3)24(42)21(28(35)44)26(34)29(15,45)27(43)19(12)23(20)41/h10,12,15-16,22,34,36,39,41-42,45H,4-9,11H2,1-3H3,(H2,35,44)/t12-,15-,16?,22-,29+/m0/s1. The number of benzene rings is 1. The van der Waals surface area contributed by atoms with E-state index in [1.54, 1.807) is 7.05 Å². The molecule has 1 aliphatic heterocycles. The van der Waals surface area contributed by atoms with Crippen molar-refractivity contribution >= 4 is 29.1 Å². The molecular formula is C30H36F3N5O8. The zero-order valence-electron chi connectivity index (χ0n) is 25.4. The first-order valence-electron chi connectivity index (χ1n) is 14.7. The largest absolute Gasteiger partial charge is 0.573 e. The molecule has 3 aliphatic carbocycles. The number of hydrogen-bond acceptors (Lipinski definition) is 11. The average Bonchev–Trinajstić information content (AvgIpc) is 2.95. The number of aliphatic hydroxyl groups excluding tert-OH is 2. The van der Waals surface area contributed by atoms with Gasteiger partial charge in [0.05, 0.1) is 29.9 Å². The number of Topliss-reactive ketones (excluding diaryl/α,β-unsaturated/α-hetero) is 1. The van der Waals surface area contributed by atoms with E-state index in [4.69, 9.17) is 11.1 Å². The highest BCUT2D eigenvalue weighted by atomic mass is 19.4. The Morgan fingerprint density at radius 1 is 1.24 bits per heavy atom. The van der Waals surface area contributed by atoms with Crippen LogP contribution in [0, 0.1) is 17.2 Å². The minimum absolute atomic E-state index is 0.0783. The van der Waals surface area contributed by atoms with Crippen LogP contribution in [0.15, 0.2) is 23.0 Å². The minimum Gasteiger partial charge on any atom is -0.510 e. The number of nitrogens with one attached hydrogen (secondary N) is 2. The van der Waals surface area contributed by atoms with Crippen molar-refractivity contribution < 1.29 is 52.7 Å². The first-order chi connectivity index (χ1) is 21.4. The van der Waals surface area contributed by atoms with Crippen LogP contribution in [-0.2, 0) is 20.8 Å². The van der Waals surface area contributed by atoms with E-state index >= 15 is 0 Å². The van der Waals surface area contributed by atoms with E-state index in [2.05, 4.69) is 10.1 Å². The van der Waals surface area contributed by atoms with Gasteiger partial charge in [0.1, 0.15) is 28.6 Å². The number of halogens is 3. The maximum atomic E-state index is 14.1. The summed E-state index contributed by atoms with van der Waals surface area (Å²) in [5.74, 6) is -8.17. The normalized spacial score (nSPS) is 28.2. The van der Waals surface area contributed by atoms with E-state index in [0.717, 1.165) is 6.07 Å².